The third kappa shape index (κ3) is 4.93. The van der Waals surface area contributed by atoms with Crippen LogP contribution in [0.4, 0.5) is 0 Å². The molecule has 1 aromatic rings. The topological polar surface area (TPSA) is 64.6 Å². The van der Waals surface area contributed by atoms with Gasteiger partial charge in [-0.3, -0.25) is 9.59 Å². The van der Waals surface area contributed by atoms with Crippen molar-refractivity contribution in [2.24, 2.45) is 0 Å². The first-order valence-electron chi connectivity index (χ1n) is 6.59. The summed E-state index contributed by atoms with van der Waals surface area (Å²) in [5.74, 6) is 0.306. The van der Waals surface area contributed by atoms with E-state index in [2.05, 4.69) is 5.32 Å². The molecule has 0 saturated carbocycles. The van der Waals surface area contributed by atoms with Crippen molar-refractivity contribution in [2.45, 2.75) is 32.7 Å². The van der Waals surface area contributed by atoms with Crippen LogP contribution in [-0.2, 0) is 4.79 Å². The fourth-order valence-corrected chi connectivity index (χ4v) is 1.86. The molecule has 1 amide bonds. The first kappa shape index (κ1) is 17.3. The van der Waals surface area contributed by atoms with Gasteiger partial charge < -0.3 is 14.8 Å². The van der Waals surface area contributed by atoms with E-state index >= 15 is 0 Å². The van der Waals surface area contributed by atoms with Crippen molar-refractivity contribution < 1.29 is 19.1 Å². The second-order valence-electron chi connectivity index (χ2n) is 5.23. The number of hydrogen-bond donors (Lipinski definition) is 1. The van der Waals surface area contributed by atoms with E-state index in [1.54, 1.807) is 0 Å². The van der Waals surface area contributed by atoms with Gasteiger partial charge in [0, 0.05) is 11.1 Å². The standard InChI is InChI=1S/C15H20ClNO4/c1-5-15(2,3)17-13(19)9-21-14-11(16)6-10(8-18)7-12(14)20-4/h6-8H,5,9H2,1-4H3,(H,17,19). The van der Waals surface area contributed by atoms with Crippen LogP contribution in [0.15, 0.2) is 12.1 Å². The molecule has 0 radical (unpaired) electrons. The molecule has 0 bridgehead atoms. The largest absolute Gasteiger partial charge is 0.493 e. The molecule has 0 saturated heterocycles. The van der Waals surface area contributed by atoms with Crippen LogP contribution in [-0.4, -0.2) is 31.4 Å². The highest BCUT2D eigenvalue weighted by Gasteiger charge is 2.19. The van der Waals surface area contributed by atoms with Crippen molar-refractivity contribution in [3.05, 3.63) is 22.7 Å². The Kier molecular flexibility index (Phi) is 6.03. The molecule has 6 heteroatoms. The Morgan fingerprint density at radius 3 is 2.62 bits per heavy atom. The summed E-state index contributed by atoms with van der Waals surface area (Å²) in [6.07, 6.45) is 1.46. The van der Waals surface area contributed by atoms with Gasteiger partial charge in [0.15, 0.2) is 18.1 Å². The molecular weight excluding hydrogens is 294 g/mol. The summed E-state index contributed by atoms with van der Waals surface area (Å²) in [6, 6.07) is 2.96. The van der Waals surface area contributed by atoms with E-state index < -0.39 is 0 Å². The molecule has 0 aliphatic heterocycles. The van der Waals surface area contributed by atoms with Crippen molar-refractivity contribution in [3.63, 3.8) is 0 Å². The molecule has 0 heterocycles. The summed E-state index contributed by atoms with van der Waals surface area (Å²) in [5, 5.41) is 3.07. The molecule has 21 heavy (non-hydrogen) atoms. The first-order chi connectivity index (χ1) is 9.82. The predicted octanol–water partition coefficient (Wildman–Crippen LogP) is 2.84. The second kappa shape index (κ2) is 7.31. The van der Waals surface area contributed by atoms with Gasteiger partial charge in [-0.2, -0.15) is 0 Å². The lowest BCUT2D eigenvalue weighted by atomic mass is 10.0. The van der Waals surface area contributed by atoms with Crippen LogP contribution in [0, 0.1) is 0 Å². The van der Waals surface area contributed by atoms with E-state index in [1.807, 2.05) is 20.8 Å². The Bertz CT molecular complexity index is 529. The molecule has 1 aromatic carbocycles. The third-order valence-corrected chi connectivity index (χ3v) is 3.38. The maximum absolute atomic E-state index is 11.8. The fourth-order valence-electron chi connectivity index (χ4n) is 1.59. The van der Waals surface area contributed by atoms with Crippen LogP contribution >= 0.6 is 11.6 Å². The molecule has 0 atom stereocenters. The van der Waals surface area contributed by atoms with Crippen LogP contribution in [0.1, 0.15) is 37.6 Å². The molecule has 1 N–H and O–H groups in total. The highest BCUT2D eigenvalue weighted by Crippen LogP contribution is 2.35. The molecule has 0 aliphatic carbocycles. The molecule has 0 unspecified atom stereocenters. The summed E-state index contributed by atoms with van der Waals surface area (Å²) in [5.41, 5.74) is 0.0798. The van der Waals surface area contributed by atoms with Gasteiger partial charge in [-0.15, -0.1) is 0 Å². The Labute approximate surface area is 129 Å². The Morgan fingerprint density at radius 1 is 1.43 bits per heavy atom. The summed E-state index contributed by atoms with van der Waals surface area (Å²) in [4.78, 5) is 22.6. The quantitative estimate of drug-likeness (QED) is 0.786. The number of carbonyl (C=O) groups is 2. The van der Waals surface area contributed by atoms with E-state index in [9.17, 15) is 9.59 Å². The zero-order valence-electron chi connectivity index (χ0n) is 12.7. The van der Waals surface area contributed by atoms with Gasteiger partial charge in [-0.25, -0.2) is 0 Å². The smallest absolute Gasteiger partial charge is 0.258 e. The van der Waals surface area contributed by atoms with Crippen LogP contribution in [0.2, 0.25) is 5.02 Å². The monoisotopic (exact) mass is 313 g/mol. The summed E-state index contributed by atoms with van der Waals surface area (Å²) in [6.45, 7) is 5.66. The Balaban J connectivity index is 2.80. The molecule has 0 aromatic heterocycles. The zero-order valence-corrected chi connectivity index (χ0v) is 13.4. The lowest BCUT2D eigenvalue weighted by Crippen LogP contribution is -2.44. The van der Waals surface area contributed by atoms with Gasteiger partial charge in [-0.1, -0.05) is 18.5 Å². The number of rotatable bonds is 7. The number of ether oxygens (including phenoxy) is 2. The van der Waals surface area contributed by atoms with Crippen molar-refractivity contribution in [1.82, 2.24) is 5.32 Å². The molecule has 5 nitrogen and oxygen atoms in total. The minimum absolute atomic E-state index is 0.181. The molecule has 1 rings (SSSR count). The molecule has 0 fully saturated rings. The summed E-state index contributed by atoms with van der Waals surface area (Å²) < 4.78 is 10.5. The summed E-state index contributed by atoms with van der Waals surface area (Å²) in [7, 11) is 1.44. The highest BCUT2D eigenvalue weighted by molar-refractivity contribution is 6.32. The van der Waals surface area contributed by atoms with Gasteiger partial charge >= 0.3 is 0 Å². The third-order valence-electron chi connectivity index (χ3n) is 3.10. The van der Waals surface area contributed by atoms with Crippen LogP contribution in [0.25, 0.3) is 0 Å². The normalized spacial score (nSPS) is 10.9. The second-order valence-corrected chi connectivity index (χ2v) is 5.63. The van der Waals surface area contributed by atoms with Crippen molar-refractivity contribution in [3.8, 4) is 11.5 Å². The van der Waals surface area contributed by atoms with Gasteiger partial charge in [0.25, 0.3) is 5.91 Å². The number of nitrogens with one attached hydrogen (secondary N) is 1. The Morgan fingerprint density at radius 2 is 2.10 bits per heavy atom. The maximum Gasteiger partial charge on any atom is 0.258 e. The molecule has 116 valence electrons. The van der Waals surface area contributed by atoms with Crippen molar-refractivity contribution >= 4 is 23.8 Å². The minimum atomic E-state index is -0.296. The van der Waals surface area contributed by atoms with E-state index in [0.29, 0.717) is 17.6 Å². The number of amides is 1. The predicted molar refractivity (Wildman–Crippen MR) is 81.4 cm³/mol. The average molecular weight is 314 g/mol. The SMILES string of the molecule is CCC(C)(C)NC(=O)COc1c(Cl)cc(C=O)cc1OC. The number of aldehydes is 1. The van der Waals surface area contributed by atoms with E-state index in [1.165, 1.54) is 19.2 Å². The van der Waals surface area contributed by atoms with Crippen LogP contribution in [0.5, 0.6) is 11.5 Å². The number of halogens is 1. The number of hydrogen-bond acceptors (Lipinski definition) is 4. The highest BCUT2D eigenvalue weighted by atomic mass is 35.5. The van der Waals surface area contributed by atoms with Crippen molar-refractivity contribution in [2.75, 3.05) is 13.7 Å². The van der Waals surface area contributed by atoms with E-state index in [4.69, 9.17) is 21.1 Å². The minimum Gasteiger partial charge on any atom is -0.493 e. The number of methoxy groups -OCH3 is 1. The van der Waals surface area contributed by atoms with Crippen LogP contribution in [0.3, 0.4) is 0 Å². The number of benzene rings is 1. The van der Waals surface area contributed by atoms with Gasteiger partial charge in [-0.05, 0) is 32.4 Å². The zero-order chi connectivity index (χ0) is 16.0. The van der Waals surface area contributed by atoms with Gasteiger partial charge in [0.2, 0.25) is 0 Å². The first-order valence-corrected chi connectivity index (χ1v) is 6.97. The van der Waals surface area contributed by atoms with Gasteiger partial charge in [0.1, 0.15) is 6.29 Å². The summed E-state index contributed by atoms with van der Waals surface area (Å²) >= 11 is 6.04. The Hall–Kier alpha value is -1.75. The lowest BCUT2D eigenvalue weighted by molar-refractivity contribution is -0.124. The van der Waals surface area contributed by atoms with Gasteiger partial charge in [0.05, 0.1) is 12.1 Å². The molecule has 0 spiro atoms. The molecular formula is C15H20ClNO4. The maximum atomic E-state index is 11.8. The molecule has 0 aliphatic rings. The van der Waals surface area contributed by atoms with Crippen molar-refractivity contribution in [1.29, 1.82) is 0 Å². The van der Waals surface area contributed by atoms with Crippen LogP contribution < -0.4 is 14.8 Å². The fraction of sp³-hybridized carbons (Fsp3) is 0.467. The van der Waals surface area contributed by atoms with E-state index in [-0.39, 0.29) is 28.8 Å². The van der Waals surface area contributed by atoms with E-state index in [0.717, 1.165) is 6.42 Å². The number of carbonyl (C=O) groups excluding carboxylic acids is 2. The lowest BCUT2D eigenvalue weighted by Gasteiger charge is -2.24. The average Bonchev–Trinajstić information content (AvgIpc) is 2.44.